The van der Waals surface area contributed by atoms with Gasteiger partial charge in [0.15, 0.2) is 0 Å². The summed E-state index contributed by atoms with van der Waals surface area (Å²) < 4.78 is 6.35. The fraction of sp³-hybridized carbons (Fsp3) is 0.462. The molecule has 0 saturated heterocycles. The summed E-state index contributed by atoms with van der Waals surface area (Å²) in [6.07, 6.45) is 0. The van der Waals surface area contributed by atoms with Crippen LogP contribution in [0.5, 0.6) is 0 Å². The molecule has 0 saturated carbocycles. The molecule has 0 fully saturated rings. The maximum absolute atomic E-state index is 5.21. The average Bonchev–Trinajstić information content (AvgIpc) is 2.85. The third-order valence-corrected chi connectivity index (χ3v) is 4.91. The standard InChI is InChI=1S/C13H17BrN2OS/c1-7(12-5-11(14)6-18-12)15-8(2)13-9(3)16-17-10(13)4/h5-8,15H,1-4H3. The van der Waals surface area contributed by atoms with Gasteiger partial charge in [0.2, 0.25) is 0 Å². The van der Waals surface area contributed by atoms with Crippen LogP contribution in [0.2, 0.25) is 0 Å². The minimum atomic E-state index is 0.229. The van der Waals surface area contributed by atoms with E-state index in [-0.39, 0.29) is 6.04 Å². The van der Waals surface area contributed by atoms with Gasteiger partial charge in [-0.05, 0) is 49.7 Å². The molecule has 2 unspecified atom stereocenters. The van der Waals surface area contributed by atoms with Crippen molar-refractivity contribution in [1.29, 1.82) is 0 Å². The van der Waals surface area contributed by atoms with Crippen molar-refractivity contribution in [2.45, 2.75) is 39.8 Å². The Labute approximate surface area is 120 Å². The van der Waals surface area contributed by atoms with Gasteiger partial charge in [-0.15, -0.1) is 11.3 Å². The zero-order valence-corrected chi connectivity index (χ0v) is 13.4. The first-order valence-corrected chi connectivity index (χ1v) is 7.59. The van der Waals surface area contributed by atoms with Crippen LogP contribution in [0.15, 0.2) is 20.4 Å². The second-order valence-electron chi connectivity index (χ2n) is 4.52. The molecule has 2 rings (SSSR count). The highest BCUT2D eigenvalue weighted by molar-refractivity contribution is 9.10. The quantitative estimate of drug-likeness (QED) is 0.896. The monoisotopic (exact) mass is 328 g/mol. The fourth-order valence-corrected chi connectivity index (χ4v) is 3.67. The van der Waals surface area contributed by atoms with E-state index in [4.69, 9.17) is 4.52 Å². The molecular formula is C13H17BrN2OS. The summed E-state index contributed by atoms with van der Waals surface area (Å²) in [6.45, 7) is 8.26. The average molecular weight is 329 g/mol. The van der Waals surface area contributed by atoms with Gasteiger partial charge in [-0.25, -0.2) is 0 Å². The van der Waals surface area contributed by atoms with Crippen molar-refractivity contribution in [3.63, 3.8) is 0 Å². The molecule has 0 aromatic carbocycles. The van der Waals surface area contributed by atoms with Gasteiger partial charge < -0.3 is 9.84 Å². The van der Waals surface area contributed by atoms with Crippen molar-refractivity contribution in [2.24, 2.45) is 0 Å². The van der Waals surface area contributed by atoms with Gasteiger partial charge in [-0.1, -0.05) is 5.16 Å². The molecule has 0 aliphatic heterocycles. The number of nitrogens with zero attached hydrogens (tertiary/aromatic N) is 1. The number of aromatic nitrogens is 1. The summed E-state index contributed by atoms with van der Waals surface area (Å²) in [5.41, 5.74) is 2.13. The largest absolute Gasteiger partial charge is 0.361 e. The molecule has 0 aliphatic carbocycles. The zero-order chi connectivity index (χ0) is 13.3. The Balaban J connectivity index is 2.10. The Morgan fingerprint density at radius 3 is 2.56 bits per heavy atom. The van der Waals surface area contributed by atoms with Crippen molar-refractivity contribution in [2.75, 3.05) is 0 Å². The molecule has 2 aromatic rings. The molecule has 0 amide bonds. The fourth-order valence-electron chi connectivity index (χ4n) is 2.20. The number of halogens is 1. The third-order valence-electron chi connectivity index (χ3n) is 3.04. The van der Waals surface area contributed by atoms with Crippen molar-refractivity contribution in [3.8, 4) is 0 Å². The van der Waals surface area contributed by atoms with Crippen LogP contribution in [0.25, 0.3) is 0 Å². The van der Waals surface area contributed by atoms with Crippen LogP contribution in [0.3, 0.4) is 0 Å². The summed E-state index contributed by atoms with van der Waals surface area (Å²) in [5, 5.41) is 9.69. The lowest BCUT2D eigenvalue weighted by molar-refractivity contribution is 0.389. The smallest absolute Gasteiger partial charge is 0.138 e. The van der Waals surface area contributed by atoms with E-state index < -0.39 is 0 Å². The van der Waals surface area contributed by atoms with Crippen molar-refractivity contribution >= 4 is 27.3 Å². The second-order valence-corrected chi connectivity index (χ2v) is 6.37. The van der Waals surface area contributed by atoms with Gasteiger partial charge in [0.25, 0.3) is 0 Å². The van der Waals surface area contributed by atoms with Crippen LogP contribution in [0, 0.1) is 13.8 Å². The highest BCUT2D eigenvalue weighted by Gasteiger charge is 2.19. The van der Waals surface area contributed by atoms with E-state index in [2.05, 4.69) is 51.7 Å². The number of hydrogen-bond acceptors (Lipinski definition) is 4. The van der Waals surface area contributed by atoms with Gasteiger partial charge in [-0.3, -0.25) is 0 Å². The number of thiophene rings is 1. The Hall–Kier alpha value is -0.650. The van der Waals surface area contributed by atoms with Crippen LogP contribution in [0.4, 0.5) is 0 Å². The highest BCUT2D eigenvalue weighted by atomic mass is 79.9. The Morgan fingerprint density at radius 2 is 2.06 bits per heavy atom. The van der Waals surface area contributed by atoms with E-state index in [1.54, 1.807) is 11.3 Å². The number of rotatable bonds is 4. The molecule has 2 atom stereocenters. The van der Waals surface area contributed by atoms with Crippen molar-refractivity contribution in [1.82, 2.24) is 10.5 Å². The minimum Gasteiger partial charge on any atom is -0.361 e. The molecule has 0 spiro atoms. The van der Waals surface area contributed by atoms with E-state index in [0.717, 1.165) is 21.5 Å². The summed E-state index contributed by atoms with van der Waals surface area (Å²) in [4.78, 5) is 1.32. The van der Waals surface area contributed by atoms with E-state index in [9.17, 15) is 0 Å². The molecule has 0 aliphatic rings. The Bertz CT molecular complexity index is 515. The first kappa shape index (κ1) is 13.8. The third kappa shape index (κ3) is 2.84. The predicted molar refractivity (Wildman–Crippen MR) is 78.0 cm³/mol. The molecule has 18 heavy (non-hydrogen) atoms. The van der Waals surface area contributed by atoms with E-state index in [0.29, 0.717) is 6.04 Å². The molecule has 5 heteroatoms. The highest BCUT2D eigenvalue weighted by Crippen LogP contribution is 2.28. The molecular weight excluding hydrogens is 312 g/mol. The summed E-state index contributed by atoms with van der Waals surface area (Å²) >= 11 is 5.24. The van der Waals surface area contributed by atoms with Gasteiger partial charge in [0.1, 0.15) is 5.76 Å². The summed E-state index contributed by atoms with van der Waals surface area (Å²) in [5.74, 6) is 0.895. The van der Waals surface area contributed by atoms with Crippen LogP contribution in [-0.4, -0.2) is 5.16 Å². The maximum atomic E-state index is 5.21. The number of hydrogen-bond donors (Lipinski definition) is 1. The first-order chi connectivity index (χ1) is 8.49. The van der Waals surface area contributed by atoms with Crippen LogP contribution in [-0.2, 0) is 0 Å². The molecule has 3 nitrogen and oxygen atoms in total. The second kappa shape index (κ2) is 5.55. The van der Waals surface area contributed by atoms with Crippen LogP contribution in [0.1, 0.15) is 47.8 Å². The van der Waals surface area contributed by atoms with E-state index in [1.807, 2.05) is 13.8 Å². The number of nitrogens with one attached hydrogen (secondary N) is 1. The summed E-state index contributed by atoms with van der Waals surface area (Å²) in [6, 6.07) is 2.69. The SMILES string of the molecule is Cc1noc(C)c1C(C)NC(C)c1cc(Br)cs1. The van der Waals surface area contributed by atoms with Gasteiger partial charge >= 0.3 is 0 Å². The lowest BCUT2D eigenvalue weighted by Gasteiger charge is -2.19. The molecule has 98 valence electrons. The molecule has 2 aromatic heterocycles. The Kier molecular flexibility index (Phi) is 4.25. The number of aryl methyl sites for hydroxylation is 2. The van der Waals surface area contributed by atoms with Crippen LogP contribution < -0.4 is 5.32 Å². The molecule has 0 radical (unpaired) electrons. The Morgan fingerprint density at radius 1 is 1.33 bits per heavy atom. The van der Waals surface area contributed by atoms with Crippen LogP contribution >= 0.6 is 27.3 Å². The van der Waals surface area contributed by atoms with Gasteiger partial charge in [0, 0.05) is 32.4 Å². The van der Waals surface area contributed by atoms with Gasteiger partial charge in [0.05, 0.1) is 5.69 Å². The van der Waals surface area contributed by atoms with E-state index >= 15 is 0 Å². The topological polar surface area (TPSA) is 38.1 Å². The van der Waals surface area contributed by atoms with Gasteiger partial charge in [-0.2, -0.15) is 0 Å². The predicted octanol–water partition coefficient (Wildman–Crippen LogP) is 4.53. The first-order valence-electron chi connectivity index (χ1n) is 5.91. The normalized spacial score (nSPS) is 14.7. The molecule has 2 heterocycles. The minimum absolute atomic E-state index is 0.229. The summed E-state index contributed by atoms with van der Waals surface area (Å²) in [7, 11) is 0. The zero-order valence-electron chi connectivity index (χ0n) is 11.0. The lowest BCUT2D eigenvalue weighted by atomic mass is 10.1. The maximum Gasteiger partial charge on any atom is 0.138 e. The van der Waals surface area contributed by atoms with E-state index in [1.165, 1.54) is 4.88 Å². The van der Waals surface area contributed by atoms with Crippen molar-refractivity contribution in [3.05, 3.63) is 37.8 Å². The molecule has 0 bridgehead atoms. The molecule has 1 N–H and O–H groups in total. The van der Waals surface area contributed by atoms with Crippen molar-refractivity contribution < 1.29 is 4.52 Å². The lowest BCUT2D eigenvalue weighted by Crippen LogP contribution is -2.22.